The van der Waals surface area contributed by atoms with Gasteiger partial charge in [-0.2, -0.15) is 5.26 Å². The molecule has 1 aromatic carbocycles. The third-order valence-electron chi connectivity index (χ3n) is 1.84. The first-order valence-electron chi connectivity index (χ1n) is 4.12. The minimum Gasteiger partial charge on any atom is -0.324 e. The number of nitriles is 1. The number of nitrogens with zero attached hydrogens (tertiary/aromatic N) is 1. The van der Waals surface area contributed by atoms with Crippen LogP contribution in [0.5, 0.6) is 0 Å². The SMILES string of the molecule is N#CCCC(N)c1cccc(F)c1. The molecule has 2 N–H and O–H groups in total. The molecule has 1 atom stereocenters. The zero-order chi connectivity index (χ0) is 9.68. The summed E-state index contributed by atoms with van der Waals surface area (Å²) >= 11 is 0. The molecule has 68 valence electrons. The molecular formula is C10H11FN2. The largest absolute Gasteiger partial charge is 0.324 e. The molecule has 1 aromatic rings. The van der Waals surface area contributed by atoms with E-state index in [1.54, 1.807) is 12.1 Å². The monoisotopic (exact) mass is 178 g/mol. The number of hydrogen-bond acceptors (Lipinski definition) is 2. The Balaban J connectivity index is 2.66. The summed E-state index contributed by atoms with van der Waals surface area (Å²) in [5.74, 6) is -0.287. The number of hydrogen-bond donors (Lipinski definition) is 1. The molecule has 1 rings (SSSR count). The van der Waals surface area contributed by atoms with E-state index in [0.29, 0.717) is 12.8 Å². The highest BCUT2D eigenvalue weighted by Gasteiger charge is 2.05. The molecule has 0 radical (unpaired) electrons. The van der Waals surface area contributed by atoms with Crippen molar-refractivity contribution in [1.29, 1.82) is 5.26 Å². The molecule has 0 fully saturated rings. The minimum atomic E-state index is -0.287. The molecule has 0 spiro atoms. The lowest BCUT2D eigenvalue weighted by Gasteiger charge is -2.09. The van der Waals surface area contributed by atoms with Gasteiger partial charge in [0.05, 0.1) is 6.07 Å². The van der Waals surface area contributed by atoms with Crippen LogP contribution in [-0.4, -0.2) is 0 Å². The molecule has 0 saturated heterocycles. The first kappa shape index (κ1) is 9.69. The molecule has 2 nitrogen and oxygen atoms in total. The summed E-state index contributed by atoms with van der Waals surface area (Å²) < 4.78 is 12.7. The highest BCUT2D eigenvalue weighted by Crippen LogP contribution is 2.15. The van der Waals surface area contributed by atoms with Crippen LogP contribution < -0.4 is 5.73 Å². The standard InChI is InChI=1S/C10H11FN2/c11-9-4-1-3-8(7-9)10(13)5-2-6-12/h1,3-4,7,10H,2,5,13H2. The van der Waals surface area contributed by atoms with Gasteiger partial charge in [-0.3, -0.25) is 0 Å². The van der Waals surface area contributed by atoms with E-state index in [0.717, 1.165) is 5.56 Å². The zero-order valence-electron chi connectivity index (χ0n) is 7.20. The summed E-state index contributed by atoms with van der Waals surface area (Å²) in [5.41, 5.74) is 6.48. The van der Waals surface area contributed by atoms with Gasteiger partial charge < -0.3 is 5.73 Å². The van der Waals surface area contributed by atoms with Crippen LogP contribution in [0.2, 0.25) is 0 Å². The number of halogens is 1. The van der Waals surface area contributed by atoms with Gasteiger partial charge in [-0.15, -0.1) is 0 Å². The van der Waals surface area contributed by atoms with Gasteiger partial charge in [0.25, 0.3) is 0 Å². The van der Waals surface area contributed by atoms with Gasteiger partial charge in [0.1, 0.15) is 5.82 Å². The van der Waals surface area contributed by atoms with Gasteiger partial charge in [-0.1, -0.05) is 12.1 Å². The van der Waals surface area contributed by atoms with E-state index in [1.807, 2.05) is 6.07 Å². The third kappa shape index (κ3) is 2.85. The Kier molecular flexibility index (Phi) is 3.41. The van der Waals surface area contributed by atoms with Gasteiger partial charge in [0, 0.05) is 12.5 Å². The van der Waals surface area contributed by atoms with Crippen LogP contribution in [0.25, 0.3) is 0 Å². The van der Waals surface area contributed by atoms with Crippen LogP contribution >= 0.6 is 0 Å². The Morgan fingerprint density at radius 3 is 2.92 bits per heavy atom. The van der Waals surface area contributed by atoms with E-state index >= 15 is 0 Å². The second-order valence-electron chi connectivity index (χ2n) is 2.86. The Hall–Kier alpha value is -1.40. The van der Waals surface area contributed by atoms with Gasteiger partial charge in [0.15, 0.2) is 0 Å². The Bertz CT molecular complexity index is 317. The smallest absolute Gasteiger partial charge is 0.123 e. The molecule has 0 bridgehead atoms. The Morgan fingerprint density at radius 2 is 2.31 bits per heavy atom. The molecule has 0 saturated carbocycles. The highest BCUT2D eigenvalue weighted by molar-refractivity contribution is 5.19. The van der Waals surface area contributed by atoms with Crippen LogP contribution in [0.4, 0.5) is 4.39 Å². The highest BCUT2D eigenvalue weighted by atomic mass is 19.1. The van der Waals surface area contributed by atoms with Crippen molar-refractivity contribution < 1.29 is 4.39 Å². The predicted molar refractivity (Wildman–Crippen MR) is 48.2 cm³/mol. The number of benzene rings is 1. The van der Waals surface area contributed by atoms with Crippen LogP contribution in [0.3, 0.4) is 0 Å². The maximum Gasteiger partial charge on any atom is 0.123 e. The van der Waals surface area contributed by atoms with E-state index < -0.39 is 0 Å². The summed E-state index contributed by atoms with van der Waals surface area (Å²) in [6.07, 6.45) is 0.970. The lowest BCUT2D eigenvalue weighted by molar-refractivity contribution is 0.612. The lowest BCUT2D eigenvalue weighted by Crippen LogP contribution is -2.09. The van der Waals surface area contributed by atoms with Crippen molar-refractivity contribution in [3.63, 3.8) is 0 Å². The minimum absolute atomic E-state index is 0.240. The zero-order valence-corrected chi connectivity index (χ0v) is 7.20. The third-order valence-corrected chi connectivity index (χ3v) is 1.84. The molecule has 0 aliphatic heterocycles. The van der Waals surface area contributed by atoms with Gasteiger partial charge >= 0.3 is 0 Å². The second-order valence-corrected chi connectivity index (χ2v) is 2.86. The summed E-state index contributed by atoms with van der Waals surface area (Å²) in [6.45, 7) is 0. The summed E-state index contributed by atoms with van der Waals surface area (Å²) in [7, 11) is 0. The van der Waals surface area contributed by atoms with E-state index in [9.17, 15) is 4.39 Å². The molecule has 3 heteroatoms. The number of nitrogens with two attached hydrogens (primary N) is 1. The molecule has 0 heterocycles. The molecule has 0 amide bonds. The van der Waals surface area contributed by atoms with Gasteiger partial charge in [-0.25, -0.2) is 4.39 Å². The van der Waals surface area contributed by atoms with E-state index in [4.69, 9.17) is 11.0 Å². The first-order valence-corrected chi connectivity index (χ1v) is 4.12. The van der Waals surface area contributed by atoms with Crippen molar-refractivity contribution in [3.05, 3.63) is 35.6 Å². The van der Waals surface area contributed by atoms with Crippen LogP contribution in [-0.2, 0) is 0 Å². The molecule has 0 aliphatic carbocycles. The summed E-state index contributed by atoms with van der Waals surface area (Å²) in [5, 5.41) is 8.34. The van der Waals surface area contributed by atoms with Crippen LogP contribution in [0.1, 0.15) is 24.4 Å². The van der Waals surface area contributed by atoms with E-state index in [1.165, 1.54) is 12.1 Å². The summed E-state index contributed by atoms with van der Waals surface area (Å²) in [6, 6.07) is 7.94. The van der Waals surface area contributed by atoms with Crippen molar-refractivity contribution in [1.82, 2.24) is 0 Å². The molecule has 13 heavy (non-hydrogen) atoms. The van der Waals surface area contributed by atoms with Crippen molar-refractivity contribution in [3.8, 4) is 6.07 Å². The predicted octanol–water partition coefficient (Wildman–Crippen LogP) is 2.13. The van der Waals surface area contributed by atoms with Crippen molar-refractivity contribution in [2.45, 2.75) is 18.9 Å². The first-order chi connectivity index (χ1) is 6.24. The van der Waals surface area contributed by atoms with Crippen molar-refractivity contribution >= 4 is 0 Å². The Labute approximate surface area is 76.8 Å². The number of rotatable bonds is 3. The van der Waals surface area contributed by atoms with Crippen LogP contribution in [0, 0.1) is 17.1 Å². The van der Waals surface area contributed by atoms with Crippen molar-refractivity contribution in [2.24, 2.45) is 5.73 Å². The summed E-state index contributed by atoms with van der Waals surface area (Å²) in [4.78, 5) is 0. The van der Waals surface area contributed by atoms with Gasteiger partial charge in [0.2, 0.25) is 0 Å². The van der Waals surface area contributed by atoms with E-state index in [2.05, 4.69) is 0 Å². The second kappa shape index (κ2) is 4.58. The lowest BCUT2D eigenvalue weighted by atomic mass is 10.0. The topological polar surface area (TPSA) is 49.8 Å². The normalized spacial score (nSPS) is 12.1. The molecular weight excluding hydrogens is 167 g/mol. The Morgan fingerprint density at radius 1 is 1.54 bits per heavy atom. The molecule has 0 aromatic heterocycles. The maximum absolute atomic E-state index is 12.7. The fourth-order valence-corrected chi connectivity index (χ4v) is 1.12. The molecule has 1 unspecified atom stereocenters. The van der Waals surface area contributed by atoms with E-state index in [-0.39, 0.29) is 11.9 Å². The fourth-order valence-electron chi connectivity index (χ4n) is 1.12. The maximum atomic E-state index is 12.7. The fraction of sp³-hybridized carbons (Fsp3) is 0.300. The quantitative estimate of drug-likeness (QED) is 0.770. The van der Waals surface area contributed by atoms with Crippen molar-refractivity contribution in [2.75, 3.05) is 0 Å². The molecule has 0 aliphatic rings. The van der Waals surface area contributed by atoms with Gasteiger partial charge in [-0.05, 0) is 24.1 Å². The van der Waals surface area contributed by atoms with Crippen LogP contribution in [0.15, 0.2) is 24.3 Å². The average Bonchev–Trinajstić information content (AvgIpc) is 2.14. The average molecular weight is 178 g/mol.